The monoisotopic (exact) mass is 268 g/mol. The van der Waals surface area contributed by atoms with Gasteiger partial charge in [-0.25, -0.2) is 4.79 Å². The molecule has 0 radical (unpaired) electrons. The molecular weight excluding hydrogens is 252 g/mol. The van der Waals surface area contributed by atoms with Crippen molar-refractivity contribution in [2.24, 2.45) is 0 Å². The molecule has 98 valence electrons. The largest absolute Gasteiger partial charge is 0.490 e. The van der Waals surface area contributed by atoms with Crippen LogP contribution < -0.4 is 15.4 Å². The summed E-state index contributed by atoms with van der Waals surface area (Å²) in [5.41, 5.74) is 1.08. The molecule has 0 unspecified atom stereocenters. The number of aryl methyl sites for hydroxylation is 1. The lowest BCUT2D eigenvalue weighted by Gasteiger charge is -2.10. The number of amides is 2. The predicted octanol–water partition coefficient (Wildman–Crippen LogP) is 2.51. The quantitative estimate of drug-likeness (QED) is 0.615. The Kier molecular flexibility index (Phi) is 6.08. The second kappa shape index (κ2) is 7.61. The van der Waals surface area contributed by atoms with Gasteiger partial charge in [-0.2, -0.15) is 0 Å². The summed E-state index contributed by atoms with van der Waals surface area (Å²) in [6, 6.07) is 5.32. The standard InChI is InChI=1S/C13H17ClN2O2/c1-3-6-15-13(17)16-7-8-18-12-9-10(2)4-5-11(12)14/h3-5,9H,1,6-8H2,2H3,(H2,15,16,17). The van der Waals surface area contributed by atoms with Crippen LogP contribution in [0.4, 0.5) is 4.79 Å². The van der Waals surface area contributed by atoms with Crippen molar-refractivity contribution in [2.45, 2.75) is 6.92 Å². The van der Waals surface area contributed by atoms with Crippen LogP contribution in [0.15, 0.2) is 30.9 Å². The molecule has 0 heterocycles. The fraction of sp³-hybridized carbons (Fsp3) is 0.308. The van der Waals surface area contributed by atoms with Crippen LogP contribution in [-0.4, -0.2) is 25.7 Å². The van der Waals surface area contributed by atoms with Gasteiger partial charge >= 0.3 is 6.03 Å². The van der Waals surface area contributed by atoms with Crippen LogP contribution in [0.5, 0.6) is 5.75 Å². The first-order valence-electron chi connectivity index (χ1n) is 5.65. The van der Waals surface area contributed by atoms with Gasteiger partial charge < -0.3 is 15.4 Å². The number of carbonyl (C=O) groups excluding carboxylic acids is 1. The Balaban J connectivity index is 2.27. The average molecular weight is 269 g/mol. The van der Waals surface area contributed by atoms with Gasteiger partial charge in [0, 0.05) is 6.54 Å². The van der Waals surface area contributed by atoms with Crippen molar-refractivity contribution in [2.75, 3.05) is 19.7 Å². The van der Waals surface area contributed by atoms with Gasteiger partial charge in [0.25, 0.3) is 0 Å². The lowest BCUT2D eigenvalue weighted by Crippen LogP contribution is -2.37. The number of hydrogen-bond acceptors (Lipinski definition) is 2. The van der Waals surface area contributed by atoms with Crippen molar-refractivity contribution in [3.05, 3.63) is 41.4 Å². The molecule has 0 aliphatic heterocycles. The smallest absolute Gasteiger partial charge is 0.315 e. The molecule has 0 atom stereocenters. The highest BCUT2D eigenvalue weighted by atomic mass is 35.5. The van der Waals surface area contributed by atoms with Crippen LogP contribution in [0.3, 0.4) is 0 Å². The highest BCUT2D eigenvalue weighted by Crippen LogP contribution is 2.24. The van der Waals surface area contributed by atoms with E-state index < -0.39 is 0 Å². The average Bonchev–Trinajstić information content (AvgIpc) is 2.36. The molecule has 0 aromatic heterocycles. The molecule has 0 saturated heterocycles. The summed E-state index contributed by atoms with van der Waals surface area (Å²) in [5.74, 6) is 0.630. The van der Waals surface area contributed by atoms with Crippen LogP contribution in [0.2, 0.25) is 5.02 Å². The molecule has 0 fully saturated rings. The number of carbonyl (C=O) groups is 1. The summed E-state index contributed by atoms with van der Waals surface area (Å²) in [6.45, 7) is 6.68. The minimum Gasteiger partial charge on any atom is -0.490 e. The van der Waals surface area contributed by atoms with E-state index in [1.807, 2.05) is 19.1 Å². The van der Waals surface area contributed by atoms with Crippen molar-refractivity contribution in [1.82, 2.24) is 10.6 Å². The Morgan fingerprint density at radius 3 is 3.00 bits per heavy atom. The molecule has 0 aliphatic rings. The normalized spacial score (nSPS) is 9.67. The van der Waals surface area contributed by atoms with E-state index in [-0.39, 0.29) is 6.03 Å². The number of ether oxygens (including phenoxy) is 1. The lowest BCUT2D eigenvalue weighted by atomic mass is 10.2. The van der Waals surface area contributed by atoms with Gasteiger partial charge in [0.05, 0.1) is 11.6 Å². The van der Waals surface area contributed by atoms with Crippen LogP contribution in [0.1, 0.15) is 5.56 Å². The van der Waals surface area contributed by atoms with E-state index in [9.17, 15) is 4.79 Å². The Bertz CT molecular complexity index is 421. The first kappa shape index (κ1) is 14.4. The van der Waals surface area contributed by atoms with Crippen LogP contribution in [0.25, 0.3) is 0 Å². The van der Waals surface area contributed by atoms with E-state index >= 15 is 0 Å². The second-order valence-corrected chi connectivity index (χ2v) is 4.12. The fourth-order valence-corrected chi connectivity index (χ4v) is 1.45. The van der Waals surface area contributed by atoms with Gasteiger partial charge in [0.1, 0.15) is 12.4 Å². The fourth-order valence-electron chi connectivity index (χ4n) is 1.27. The topological polar surface area (TPSA) is 50.4 Å². The van der Waals surface area contributed by atoms with E-state index in [4.69, 9.17) is 16.3 Å². The first-order chi connectivity index (χ1) is 8.63. The minimum absolute atomic E-state index is 0.242. The molecule has 1 rings (SSSR count). The van der Waals surface area contributed by atoms with Crippen molar-refractivity contribution < 1.29 is 9.53 Å². The molecule has 0 spiro atoms. The molecule has 2 N–H and O–H groups in total. The Hall–Kier alpha value is -1.68. The first-order valence-corrected chi connectivity index (χ1v) is 6.03. The molecule has 1 aromatic rings. The van der Waals surface area contributed by atoms with Gasteiger partial charge in [-0.3, -0.25) is 0 Å². The Morgan fingerprint density at radius 2 is 2.28 bits per heavy atom. The van der Waals surface area contributed by atoms with Gasteiger partial charge in [0.15, 0.2) is 0 Å². The maximum Gasteiger partial charge on any atom is 0.315 e. The molecule has 4 nitrogen and oxygen atoms in total. The van der Waals surface area contributed by atoms with Gasteiger partial charge in [0.2, 0.25) is 0 Å². The van der Waals surface area contributed by atoms with E-state index in [1.54, 1.807) is 12.1 Å². The summed E-state index contributed by atoms with van der Waals surface area (Å²) < 4.78 is 5.48. The van der Waals surface area contributed by atoms with Gasteiger partial charge in [-0.1, -0.05) is 23.7 Å². The van der Waals surface area contributed by atoms with Crippen LogP contribution in [-0.2, 0) is 0 Å². The van der Waals surface area contributed by atoms with E-state index in [1.165, 1.54) is 0 Å². The maximum atomic E-state index is 11.2. The predicted molar refractivity (Wildman–Crippen MR) is 73.3 cm³/mol. The van der Waals surface area contributed by atoms with Crippen molar-refractivity contribution >= 4 is 17.6 Å². The van der Waals surface area contributed by atoms with Crippen molar-refractivity contribution in [3.8, 4) is 5.75 Å². The number of halogens is 1. The lowest BCUT2D eigenvalue weighted by molar-refractivity contribution is 0.237. The summed E-state index contributed by atoms with van der Waals surface area (Å²) in [4.78, 5) is 11.2. The zero-order valence-corrected chi connectivity index (χ0v) is 11.1. The zero-order valence-electron chi connectivity index (χ0n) is 10.3. The van der Waals surface area contributed by atoms with Crippen molar-refractivity contribution in [3.63, 3.8) is 0 Å². The molecule has 0 saturated carbocycles. The highest BCUT2D eigenvalue weighted by molar-refractivity contribution is 6.32. The molecule has 18 heavy (non-hydrogen) atoms. The zero-order chi connectivity index (χ0) is 13.4. The molecule has 2 amide bonds. The summed E-state index contributed by atoms with van der Waals surface area (Å²) in [7, 11) is 0. The number of hydrogen-bond donors (Lipinski definition) is 2. The molecule has 0 aliphatic carbocycles. The van der Waals surface area contributed by atoms with Crippen molar-refractivity contribution in [1.29, 1.82) is 0 Å². The third kappa shape index (κ3) is 5.10. The SMILES string of the molecule is C=CCNC(=O)NCCOc1cc(C)ccc1Cl. The molecule has 0 bridgehead atoms. The third-order valence-electron chi connectivity index (χ3n) is 2.14. The highest BCUT2D eigenvalue weighted by Gasteiger charge is 2.02. The molecule has 1 aromatic carbocycles. The minimum atomic E-state index is -0.242. The molecule has 5 heteroatoms. The second-order valence-electron chi connectivity index (χ2n) is 3.71. The maximum absolute atomic E-state index is 11.2. The molecular formula is C13H17ClN2O2. The number of rotatable bonds is 6. The summed E-state index contributed by atoms with van der Waals surface area (Å²) in [5, 5.41) is 5.82. The number of urea groups is 1. The summed E-state index contributed by atoms with van der Waals surface area (Å²) >= 11 is 5.97. The van der Waals surface area contributed by atoms with Crippen LogP contribution >= 0.6 is 11.6 Å². The van der Waals surface area contributed by atoms with E-state index in [0.29, 0.717) is 30.5 Å². The Morgan fingerprint density at radius 1 is 1.50 bits per heavy atom. The number of nitrogens with one attached hydrogen (secondary N) is 2. The number of benzene rings is 1. The van der Waals surface area contributed by atoms with Gasteiger partial charge in [-0.05, 0) is 24.6 Å². The Labute approximate surface area is 112 Å². The van der Waals surface area contributed by atoms with Gasteiger partial charge in [-0.15, -0.1) is 6.58 Å². The van der Waals surface area contributed by atoms with E-state index in [2.05, 4.69) is 17.2 Å². The third-order valence-corrected chi connectivity index (χ3v) is 2.45. The van der Waals surface area contributed by atoms with E-state index in [0.717, 1.165) is 5.56 Å². The van der Waals surface area contributed by atoms with Crippen LogP contribution in [0, 0.1) is 6.92 Å². The summed E-state index contributed by atoms with van der Waals surface area (Å²) in [6.07, 6.45) is 1.61.